The number of aromatic nitrogens is 1. The van der Waals surface area contributed by atoms with E-state index in [1.165, 1.54) is 77.1 Å². The summed E-state index contributed by atoms with van der Waals surface area (Å²) in [6, 6.07) is 54.3. The van der Waals surface area contributed by atoms with Crippen LogP contribution in [0.1, 0.15) is 211 Å². The molecule has 0 aliphatic carbocycles. The van der Waals surface area contributed by atoms with Crippen LogP contribution in [0.2, 0.25) is 0 Å². The second kappa shape index (κ2) is 34.4. The Morgan fingerprint density at radius 2 is 0.640 bits per heavy atom. The molecular formula is C97H119F6NO7. The van der Waals surface area contributed by atoms with Crippen molar-refractivity contribution in [3.63, 3.8) is 0 Å². The largest absolute Gasteiger partial charge is 0.461 e. The molecule has 0 atom stereocenters. The number of alkyl halides is 6. The second-order valence-electron chi connectivity index (χ2n) is 37.6. The van der Waals surface area contributed by atoms with Crippen LogP contribution < -0.4 is 0 Å². The maximum absolute atomic E-state index is 12.9. The number of para-hydroxylation sites is 2. The van der Waals surface area contributed by atoms with Crippen LogP contribution in [0.25, 0.3) is 76.9 Å². The fraction of sp³-hybridized carbons (Fsp3) is 0.433. The number of nitrogens with zero attached hydrogens (tertiary/aromatic N) is 1. The highest BCUT2D eigenvalue weighted by atomic mass is 19.4. The molecule has 0 bridgehead atoms. The van der Waals surface area contributed by atoms with E-state index in [0.29, 0.717) is 49.7 Å². The summed E-state index contributed by atoms with van der Waals surface area (Å²) in [6.07, 6.45) is -3.33. The van der Waals surface area contributed by atoms with E-state index < -0.39 is 23.2 Å². The van der Waals surface area contributed by atoms with Gasteiger partial charge in [0.25, 0.3) is 0 Å². The number of rotatable bonds is 9. The normalized spacial score (nSPS) is 12.6. The summed E-state index contributed by atoms with van der Waals surface area (Å²) in [4.78, 5) is 4.49. The van der Waals surface area contributed by atoms with Gasteiger partial charge in [-0.15, -0.1) is 0 Å². The van der Waals surface area contributed by atoms with Gasteiger partial charge < -0.3 is 30.9 Å². The molecule has 0 N–H and O–H groups in total. The lowest BCUT2D eigenvalue weighted by Crippen LogP contribution is -2.34. The van der Waals surface area contributed by atoms with Gasteiger partial charge in [-0.05, 0) is 238 Å². The molecule has 0 amide bonds. The van der Waals surface area contributed by atoms with Gasteiger partial charge in [0.1, 0.15) is 73.6 Å². The lowest BCUT2D eigenvalue weighted by molar-refractivity contribution is -0.211. The highest BCUT2D eigenvalue weighted by molar-refractivity contribution is 5.84. The fourth-order valence-electron chi connectivity index (χ4n) is 13.3. The molecule has 0 fully saturated rings. The molecule has 14 heteroatoms. The lowest BCUT2D eigenvalue weighted by atomic mass is 9.84. The van der Waals surface area contributed by atoms with Gasteiger partial charge in [0.15, 0.2) is 11.5 Å². The summed E-state index contributed by atoms with van der Waals surface area (Å²) < 4.78 is 116. The van der Waals surface area contributed by atoms with Crippen molar-refractivity contribution in [2.45, 2.75) is 237 Å². The van der Waals surface area contributed by atoms with Gasteiger partial charge in [0.05, 0.1) is 10.8 Å². The predicted octanol–water partition coefficient (Wildman–Crippen LogP) is 30.8. The molecule has 0 aliphatic heterocycles. The minimum Gasteiger partial charge on any atom is -0.461 e. The number of hydrogen-bond acceptors (Lipinski definition) is 8. The molecule has 0 spiro atoms. The number of benzene rings is 7. The van der Waals surface area contributed by atoms with Gasteiger partial charge in [-0.2, -0.15) is 26.3 Å². The van der Waals surface area contributed by atoms with Crippen molar-refractivity contribution in [1.29, 1.82) is 0 Å². The molecule has 0 radical (unpaired) electrons. The summed E-state index contributed by atoms with van der Waals surface area (Å²) in [7, 11) is 0. The smallest absolute Gasteiger partial charge is 0.394 e. The molecule has 596 valence electrons. The van der Waals surface area contributed by atoms with Crippen molar-refractivity contribution in [2.75, 3.05) is 0 Å². The van der Waals surface area contributed by atoms with Crippen molar-refractivity contribution in [2.24, 2.45) is 37.9 Å². The standard InChI is InChI=1S/2C14H15F3O.4C14H18O.C13H17NO/c1-9-6-11-7-10(4-5-12(11)18-9)8-13(2,3)14(15,16)17;1-9-7-10-5-4-6-11(12(10)18-9)8-13(2,3)14(15,16)17;1-10-7-12-8-11(9-14(2,3)4)5-6-13(12)15-10;1-10-7-12-6-5-11(8-13(12)15-10)9-14(2,3)4;1-10-8-12-11(9-14(2,3)4)6-5-7-13(12)15-10;1-10-8-11-6-5-7-12(13(11)15-10)9-14(2,3)4;1-9-5-6-11-10(7-9)14-12(15-11)8-13(2,3)4/h2*4-7H,8H2,1-3H3;4*5-8H,9H2,1-4H3;5-7H,8H2,1-4H3. The molecule has 0 unspecified atom stereocenters. The zero-order valence-corrected chi connectivity index (χ0v) is 70.6. The Kier molecular flexibility index (Phi) is 27.1. The first-order chi connectivity index (χ1) is 51.1. The predicted molar refractivity (Wildman–Crippen MR) is 447 cm³/mol. The number of halogens is 6. The van der Waals surface area contributed by atoms with Crippen LogP contribution in [-0.4, -0.2) is 17.3 Å². The SMILES string of the molecule is Cc1cc2c(CC(C)(C)C)cccc2o1.Cc1cc2cc(CC(C)(C)C(F)(F)F)ccc2o1.Cc1cc2cc(CC(C)(C)C)ccc2o1.Cc1cc2ccc(CC(C)(C)C)cc2o1.Cc1cc2cccc(CC(C)(C)C(F)(F)F)c2o1.Cc1cc2cccc(CC(C)(C)C)c2o1.Cc1ccc2oc(CC(C)(C)C)nc2c1. The maximum Gasteiger partial charge on any atom is 0.394 e. The number of hydrogen-bond donors (Lipinski definition) is 0. The molecule has 0 saturated heterocycles. The van der Waals surface area contributed by atoms with Gasteiger partial charge >= 0.3 is 12.4 Å². The zero-order chi connectivity index (χ0) is 82.4. The summed E-state index contributed by atoms with van der Waals surface area (Å²) in [5.41, 5.74) is 13.1. The van der Waals surface area contributed by atoms with Crippen LogP contribution in [-0.2, 0) is 44.9 Å². The van der Waals surface area contributed by atoms with E-state index in [4.69, 9.17) is 30.9 Å². The molecule has 14 rings (SSSR count). The average Bonchev–Trinajstić information content (AvgIpc) is 1.79. The van der Waals surface area contributed by atoms with Gasteiger partial charge in [-0.1, -0.05) is 210 Å². The van der Waals surface area contributed by atoms with E-state index in [-0.39, 0.29) is 18.3 Å². The Morgan fingerprint density at radius 1 is 0.270 bits per heavy atom. The third kappa shape index (κ3) is 26.2. The zero-order valence-electron chi connectivity index (χ0n) is 70.6. The van der Waals surface area contributed by atoms with Gasteiger partial charge in [-0.25, -0.2) is 4.98 Å². The van der Waals surface area contributed by atoms with E-state index in [2.05, 4.69) is 213 Å². The van der Waals surface area contributed by atoms with Crippen LogP contribution in [0.3, 0.4) is 0 Å². The van der Waals surface area contributed by atoms with E-state index in [0.717, 1.165) is 111 Å². The number of furan rings is 6. The number of oxazole rings is 1. The molecule has 7 heterocycles. The number of aryl methyl sites for hydroxylation is 7. The molecular weight excluding hydrogens is 1410 g/mol. The molecule has 8 nitrogen and oxygen atoms in total. The second-order valence-corrected chi connectivity index (χ2v) is 37.6. The molecule has 0 aliphatic rings. The van der Waals surface area contributed by atoms with Crippen LogP contribution in [0.5, 0.6) is 0 Å². The highest BCUT2D eigenvalue weighted by Gasteiger charge is 2.48. The molecule has 111 heavy (non-hydrogen) atoms. The van der Waals surface area contributed by atoms with Crippen molar-refractivity contribution < 1.29 is 57.3 Å². The maximum atomic E-state index is 12.9. The monoisotopic (exact) mass is 1520 g/mol. The minimum absolute atomic E-state index is 0.0311. The summed E-state index contributed by atoms with van der Waals surface area (Å²) in [6.45, 7) is 52.2. The molecule has 7 aromatic heterocycles. The van der Waals surface area contributed by atoms with Crippen molar-refractivity contribution in [1.82, 2.24) is 4.98 Å². The number of fused-ring (bicyclic) bond motifs is 7. The Hall–Kier alpha value is -9.17. The minimum atomic E-state index is -4.23. The molecule has 14 aromatic rings. The van der Waals surface area contributed by atoms with Gasteiger partial charge in [0.2, 0.25) is 0 Å². The Labute approximate surface area is 654 Å². The van der Waals surface area contributed by atoms with E-state index in [9.17, 15) is 26.3 Å². The summed E-state index contributed by atoms with van der Waals surface area (Å²) in [5.74, 6) is 6.26. The van der Waals surface area contributed by atoms with E-state index in [1.807, 2.05) is 71.0 Å². The Morgan fingerprint density at radius 3 is 1.13 bits per heavy atom. The van der Waals surface area contributed by atoms with Crippen LogP contribution in [0.4, 0.5) is 26.3 Å². The van der Waals surface area contributed by atoms with E-state index in [1.54, 1.807) is 37.3 Å². The first-order valence-corrected chi connectivity index (χ1v) is 38.5. The van der Waals surface area contributed by atoms with Crippen LogP contribution >= 0.6 is 0 Å². The van der Waals surface area contributed by atoms with E-state index >= 15 is 0 Å². The highest BCUT2D eigenvalue weighted by Crippen LogP contribution is 2.43. The first-order valence-electron chi connectivity index (χ1n) is 38.5. The quantitative estimate of drug-likeness (QED) is 0.132. The van der Waals surface area contributed by atoms with Crippen molar-refractivity contribution in [3.05, 3.63) is 243 Å². The van der Waals surface area contributed by atoms with Crippen LogP contribution in [0.15, 0.2) is 195 Å². The fourth-order valence-corrected chi connectivity index (χ4v) is 13.3. The van der Waals surface area contributed by atoms with Crippen LogP contribution in [0, 0.1) is 86.4 Å². The topological polar surface area (TPSA) is 105 Å². The summed E-state index contributed by atoms with van der Waals surface area (Å²) >= 11 is 0. The van der Waals surface area contributed by atoms with Crippen molar-refractivity contribution in [3.8, 4) is 0 Å². The van der Waals surface area contributed by atoms with Gasteiger partial charge in [-0.3, -0.25) is 0 Å². The molecule has 0 saturated carbocycles. The summed E-state index contributed by atoms with van der Waals surface area (Å²) in [5, 5.41) is 6.60. The Bertz CT molecular complexity index is 5170. The first kappa shape index (κ1) is 87.4. The third-order valence-electron chi connectivity index (χ3n) is 18.4. The van der Waals surface area contributed by atoms with Crippen molar-refractivity contribution >= 4 is 76.9 Å². The van der Waals surface area contributed by atoms with Gasteiger partial charge in [0, 0.05) is 38.7 Å². The lowest BCUT2D eigenvalue weighted by Gasteiger charge is -2.27. The molecule has 7 aromatic carbocycles. The average molecular weight is 1530 g/mol. The Balaban J connectivity index is 0.000000163. The third-order valence-corrected chi connectivity index (χ3v) is 18.4.